The Labute approximate surface area is 178 Å². The lowest BCUT2D eigenvalue weighted by molar-refractivity contribution is 0.306. The maximum Gasteiger partial charge on any atom is 0.157 e. The van der Waals surface area contributed by atoms with Crippen LogP contribution in [0.15, 0.2) is 60.9 Å². The van der Waals surface area contributed by atoms with Gasteiger partial charge in [-0.3, -0.25) is 0 Å². The molecular weight excluding hydrogens is 407 g/mol. The van der Waals surface area contributed by atoms with Gasteiger partial charge in [0.05, 0.1) is 29.1 Å². The minimum Gasteiger partial charge on any atom is -0.487 e. The molecule has 6 nitrogen and oxygen atoms in total. The number of ether oxygens (including phenoxy) is 1. The van der Waals surface area contributed by atoms with E-state index in [0.29, 0.717) is 16.6 Å². The molecule has 2 heterocycles. The maximum absolute atomic E-state index is 13.3. The monoisotopic (exact) mass is 426 g/mol. The Morgan fingerprint density at radius 3 is 2.97 bits per heavy atom. The standard InChI is InChI=1S/C22H20ClFN4O2/c23-18-10-17(6-7-20(18)30-12-14-3-1-4-15(24)9-14)28-22-21-19(25-13-26-22)11-16(27-21)5-2-8-29/h1-7,9-10,13,16,27,29H,8,11-12H2,(H,25,26,28)/b5-2+. The van der Waals surface area contributed by atoms with E-state index >= 15 is 0 Å². The third-order valence-corrected chi connectivity index (χ3v) is 4.92. The molecule has 3 aromatic rings. The van der Waals surface area contributed by atoms with Crippen molar-refractivity contribution >= 4 is 28.8 Å². The lowest BCUT2D eigenvalue weighted by Gasteiger charge is -2.13. The molecule has 1 atom stereocenters. The summed E-state index contributed by atoms with van der Waals surface area (Å²) in [5.41, 5.74) is 3.20. The van der Waals surface area contributed by atoms with Gasteiger partial charge in [0, 0.05) is 12.1 Å². The Bertz CT molecular complexity index is 1080. The van der Waals surface area contributed by atoms with Crippen molar-refractivity contribution in [2.75, 3.05) is 17.2 Å². The Balaban J connectivity index is 1.45. The number of hydrogen-bond acceptors (Lipinski definition) is 6. The van der Waals surface area contributed by atoms with Crippen molar-refractivity contribution < 1.29 is 14.2 Å². The van der Waals surface area contributed by atoms with E-state index in [2.05, 4.69) is 20.6 Å². The summed E-state index contributed by atoms with van der Waals surface area (Å²) < 4.78 is 19.0. The van der Waals surface area contributed by atoms with Gasteiger partial charge >= 0.3 is 0 Å². The third kappa shape index (κ3) is 4.69. The highest BCUT2D eigenvalue weighted by molar-refractivity contribution is 6.32. The second kappa shape index (κ2) is 9.11. The fraction of sp³-hybridized carbons (Fsp3) is 0.182. The van der Waals surface area contributed by atoms with Crippen LogP contribution in [0.2, 0.25) is 5.02 Å². The van der Waals surface area contributed by atoms with E-state index in [4.69, 9.17) is 21.4 Å². The van der Waals surface area contributed by atoms with Gasteiger partial charge in [-0.05, 0) is 35.9 Å². The first-order chi connectivity index (χ1) is 14.6. The van der Waals surface area contributed by atoms with Gasteiger partial charge < -0.3 is 20.5 Å². The molecule has 3 N–H and O–H groups in total. The van der Waals surface area contributed by atoms with Gasteiger partial charge in [-0.25, -0.2) is 14.4 Å². The summed E-state index contributed by atoms with van der Waals surface area (Å²) >= 11 is 6.37. The minimum absolute atomic E-state index is 0.00254. The molecule has 4 rings (SSSR count). The summed E-state index contributed by atoms with van der Waals surface area (Å²) in [6.07, 6.45) is 5.84. The van der Waals surface area contributed by atoms with Crippen molar-refractivity contribution in [2.45, 2.75) is 19.1 Å². The molecule has 1 aliphatic rings. The average molecular weight is 427 g/mol. The van der Waals surface area contributed by atoms with Gasteiger partial charge in [0.15, 0.2) is 5.82 Å². The van der Waals surface area contributed by atoms with Crippen LogP contribution in [0.3, 0.4) is 0 Å². The number of nitrogens with zero attached hydrogens (tertiary/aromatic N) is 2. The van der Waals surface area contributed by atoms with Gasteiger partial charge in [-0.15, -0.1) is 0 Å². The molecule has 2 aromatic carbocycles. The Kier molecular flexibility index (Phi) is 6.11. The van der Waals surface area contributed by atoms with E-state index in [9.17, 15) is 4.39 Å². The van der Waals surface area contributed by atoms with Crippen molar-refractivity contribution in [1.82, 2.24) is 9.97 Å². The molecule has 8 heteroatoms. The molecule has 0 aliphatic carbocycles. The van der Waals surface area contributed by atoms with Crippen molar-refractivity contribution in [3.05, 3.63) is 83.0 Å². The zero-order valence-corrected chi connectivity index (χ0v) is 16.7. The van der Waals surface area contributed by atoms with Gasteiger partial charge in [0.25, 0.3) is 0 Å². The predicted molar refractivity (Wildman–Crippen MR) is 115 cm³/mol. The first-order valence-corrected chi connectivity index (χ1v) is 9.82. The van der Waals surface area contributed by atoms with Crippen molar-refractivity contribution in [2.24, 2.45) is 0 Å². The molecule has 0 amide bonds. The van der Waals surface area contributed by atoms with Crippen LogP contribution in [0.1, 0.15) is 11.3 Å². The van der Waals surface area contributed by atoms with Gasteiger partial charge in [-0.1, -0.05) is 35.9 Å². The summed E-state index contributed by atoms with van der Waals surface area (Å²) in [5.74, 6) is 0.845. The number of aromatic nitrogens is 2. The van der Waals surface area contributed by atoms with Crippen molar-refractivity contribution in [3.63, 3.8) is 0 Å². The lowest BCUT2D eigenvalue weighted by Crippen LogP contribution is -2.12. The van der Waals surface area contributed by atoms with Crippen LogP contribution in [0.25, 0.3) is 0 Å². The van der Waals surface area contributed by atoms with Crippen LogP contribution in [0.5, 0.6) is 5.75 Å². The lowest BCUT2D eigenvalue weighted by atomic mass is 10.2. The molecule has 0 saturated carbocycles. The number of aliphatic hydroxyl groups is 1. The molecule has 0 radical (unpaired) electrons. The second-order valence-corrected chi connectivity index (χ2v) is 7.21. The minimum atomic E-state index is -0.304. The van der Waals surface area contributed by atoms with E-state index in [1.54, 1.807) is 30.3 Å². The zero-order valence-electron chi connectivity index (χ0n) is 16.0. The molecule has 1 aliphatic heterocycles. The number of halogens is 2. The highest BCUT2D eigenvalue weighted by Crippen LogP contribution is 2.34. The number of nitrogens with one attached hydrogen (secondary N) is 2. The molecule has 0 bridgehead atoms. The maximum atomic E-state index is 13.3. The summed E-state index contributed by atoms with van der Waals surface area (Å²) in [4.78, 5) is 8.66. The molecule has 0 fully saturated rings. The highest BCUT2D eigenvalue weighted by atomic mass is 35.5. The van der Waals surface area contributed by atoms with E-state index in [-0.39, 0.29) is 25.1 Å². The summed E-state index contributed by atoms with van der Waals surface area (Å²) in [6.45, 7) is 0.216. The second-order valence-electron chi connectivity index (χ2n) is 6.80. The molecule has 1 aromatic heterocycles. The normalized spacial score (nSPS) is 15.1. The number of benzene rings is 2. The van der Waals surface area contributed by atoms with Crippen LogP contribution >= 0.6 is 11.6 Å². The van der Waals surface area contributed by atoms with E-state index in [1.807, 2.05) is 12.1 Å². The SMILES string of the molecule is OC/C=C/C1Cc2ncnc(Nc3ccc(OCc4cccc(F)c4)c(Cl)c3)c2N1. The molecular formula is C22H20ClFN4O2. The largest absolute Gasteiger partial charge is 0.487 e. The summed E-state index contributed by atoms with van der Waals surface area (Å²) in [7, 11) is 0. The number of aliphatic hydroxyl groups excluding tert-OH is 1. The van der Waals surface area contributed by atoms with Crippen LogP contribution in [0.4, 0.5) is 21.6 Å². The Morgan fingerprint density at radius 2 is 2.17 bits per heavy atom. The van der Waals surface area contributed by atoms with Crippen LogP contribution in [0, 0.1) is 5.82 Å². The topological polar surface area (TPSA) is 79.3 Å². The predicted octanol–water partition coefficient (Wildman–Crippen LogP) is 4.48. The zero-order chi connectivity index (χ0) is 20.9. The van der Waals surface area contributed by atoms with Gasteiger partial charge in [-0.2, -0.15) is 0 Å². The van der Waals surface area contributed by atoms with Crippen molar-refractivity contribution in [3.8, 4) is 5.75 Å². The Morgan fingerprint density at radius 1 is 1.27 bits per heavy atom. The molecule has 1 unspecified atom stereocenters. The molecule has 0 saturated heterocycles. The molecule has 154 valence electrons. The number of fused-ring (bicyclic) bond motifs is 1. The number of rotatable bonds is 7. The van der Waals surface area contributed by atoms with Crippen LogP contribution in [-0.2, 0) is 13.0 Å². The van der Waals surface area contributed by atoms with Crippen molar-refractivity contribution in [1.29, 1.82) is 0 Å². The van der Waals surface area contributed by atoms with Crippen LogP contribution < -0.4 is 15.4 Å². The summed E-state index contributed by atoms with van der Waals surface area (Å²) in [6, 6.07) is 11.6. The van der Waals surface area contributed by atoms with Gasteiger partial charge in [0.1, 0.15) is 24.5 Å². The van der Waals surface area contributed by atoms with Crippen LogP contribution in [-0.4, -0.2) is 27.7 Å². The first-order valence-electron chi connectivity index (χ1n) is 9.44. The quantitative estimate of drug-likeness (QED) is 0.483. The third-order valence-electron chi connectivity index (χ3n) is 4.62. The average Bonchev–Trinajstić information content (AvgIpc) is 3.16. The summed E-state index contributed by atoms with van der Waals surface area (Å²) in [5, 5.41) is 16.0. The van der Waals surface area contributed by atoms with E-state index in [0.717, 1.165) is 29.1 Å². The molecule has 30 heavy (non-hydrogen) atoms. The number of anilines is 3. The molecule has 0 spiro atoms. The number of hydrogen-bond donors (Lipinski definition) is 3. The van der Waals surface area contributed by atoms with E-state index in [1.165, 1.54) is 18.5 Å². The van der Waals surface area contributed by atoms with Gasteiger partial charge in [0.2, 0.25) is 0 Å². The fourth-order valence-corrected chi connectivity index (χ4v) is 3.46. The highest BCUT2D eigenvalue weighted by Gasteiger charge is 2.23. The first kappa shape index (κ1) is 20.1. The van der Waals surface area contributed by atoms with E-state index < -0.39 is 0 Å². The Hall–Kier alpha value is -3.16. The smallest absolute Gasteiger partial charge is 0.157 e. The fourth-order valence-electron chi connectivity index (χ4n) is 3.23.